The summed E-state index contributed by atoms with van der Waals surface area (Å²) >= 11 is 1.29. The molecule has 132 valence electrons. The van der Waals surface area contributed by atoms with E-state index in [0.717, 1.165) is 0 Å². The summed E-state index contributed by atoms with van der Waals surface area (Å²) in [7, 11) is 0. The Labute approximate surface area is 152 Å². The van der Waals surface area contributed by atoms with Gasteiger partial charge in [0.25, 0.3) is 5.69 Å². The Morgan fingerprint density at radius 1 is 1.27 bits per heavy atom. The van der Waals surface area contributed by atoms with Gasteiger partial charge in [-0.15, -0.1) is 5.10 Å². The van der Waals surface area contributed by atoms with Crippen LogP contribution in [0.5, 0.6) is 0 Å². The van der Waals surface area contributed by atoms with Crippen LogP contribution in [0, 0.1) is 10.1 Å². The molecule has 0 saturated carbocycles. The van der Waals surface area contributed by atoms with E-state index in [-0.39, 0.29) is 11.6 Å². The third-order valence-corrected chi connectivity index (χ3v) is 4.37. The topological polar surface area (TPSA) is 116 Å². The Kier molecular flexibility index (Phi) is 5.23. The molecule has 0 saturated heterocycles. The number of anilines is 1. The number of carbonyl (C=O) groups is 1. The minimum Gasteiger partial charge on any atom is -0.326 e. The molecule has 0 aliphatic heterocycles. The molecular weight excluding hydrogens is 356 g/mol. The van der Waals surface area contributed by atoms with E-state index in [1.54, 1.807) is 42.5 Å². The molecule has 0 unspecified atom stereocenters. The van der Waals surface area contributed by atoms with Crippen LogP contribution in [0.2, 0.25) is 0 Å². The average molecular weight is 370 g/mol. The van der Waals surface area contributed by atoms with Gasteiger partial charge in [-0.25, -0.2) is 0 Å². The van der Waals surface area contributed by atoms with Crippen molar-refractivity contribution in [1.29, 1.82) is 0 Å². The molecular formula is C16H14N6O3S. The number of amides is 1. The second kappa shape index (κ2) is 7.74. The number of nitro benzene ring substituents is 1. The van der Waals surface area contributed by atoms with Crippen molar-refractivity contribution in [3.63, 3.8) is 0 Å². The van der Waals surface area contributed by atoms with Crippen molar-refractivity contribution < 1.29 is 9.72 Å². The van der Waals surface area contributed by atoms with E-state index >= 15 is 0 Å². The molecule has 1 amide bonds. The van der Waals surface area contributed by atoms with Gasteiger partial charge in [0.05, 0.1) is 10.6 Å². The summed E-state index contributed by atoms with van der Waals surface area (Å²) in [6.07, 6.45) is 0. The number of carbonyl (C=O) groups excluding carboxylic acids is 1. The molecule has 9 nitrogen and oxygen atoms in total. The van der Waals surface area contributed by atoms with Crippen LogP contribution in [0.15, 0.2) is 53.7 Å². The van der Waals surface area contributed by atoms with E-state index in [4.69, 9.17) is 0 Å². The van der Waals surface area contributed by atoms with Crippen molar-refractivity contribution in [3.05, 3.63) is 64.2 Å². The van der Waals surface area contributed by atoms with Gasteiger partial charge in [-0.05, 0) is 28.6 Å². The second-order valence-electron chi connectivity index (χ2n) is 5.28. The van der Waals surface area contributed by atoms with Gasteiger partial charge >= 0.3 is 0 Å². The number of hydrogen-bond donors (Lipinski definition) is 1. The number of nitro groups is 1. The summed E-state index contributed by atoms with van der Waals surface area (Å²) < 4.78 is 1.52. The van der Waals surface area contributed by atoms with E-state index in [1.165, 1.54) is 29.4 Å². The number of para-hydroxylation sites is 1. The molecule has 0 bridgehead atoms. The van der Waals surface area contributed by atoms with Crippen molar-refractivity contribution in [3.8, 4) is 5.69 Å². The highest BCUT2D eigenvalue weighted by atomic mass is 32.2. The largest absolute Gasteiger partial charge is 0.326 e. The Bertz CT molecular complexity index is 958. The zero-order valence-corrected chi connectivity index (χ0v) is 14.5. The number of nitrogens with zero attached hydrogens (tertiary/aromatic N) is 5. The van der Waals surface area contributed by atoms with Gasteiger partial charge in [0, 0.05) is 30.0 Å². The van der Waals surface area contributed by atoms with Crippen LogP contribution >= 0.6 is 11.8 Å². The second-order valence-corrected chi connectivity index (χ2v) is 6.22. The van der Waals surface area contributed by atoms with Crippen LogP contribution in [0.25, 0.3) is 5.69 Å². The van der Waals surface area contributed by atoms with E-state index < -0.39 is 4.92 Å². The van der Waals surface area contributed by atoms with E-state index in [0.29, 0.717) is 27.8 Å². The monoisotopic (exact) mass is 370 g/mol. The van der Waals surface area contributed by atoms with Crippen LogP contribution in [0.4, 0.5) is 11.4 Å². The summed E-state index contributed by atoms with van der Waals surface area (Å²) in [6, 6.07) is 13.6. The molecule has 10 heteroatoms. The fraction of sp³-hybridized carbons (Fsp3) is 0.125. The third-order valence-electron chi connectivity index (χ3n) is 3.40. The molecule has 0 radical (unpaired) electrons. The van der Waals surface area contributed by atoms with Gasteiger partial charge in [0.2, 0.25) is 11.1 Å². The SMILES string of the molecule is CC(=O)Nc1cccc(-n2nnnc2SCc2ccccc2[N+](=O)[O-])c1. The quantitative estimate of drug-likeness (QED) is 0.403. The van der Waals surface area contributed by atoms with E-state index in [1.807, 2.05) is 0 Å². The summed E-state index contributed by atoms with van der Waals surface area (Å²) in [5, 5.41) is 25.9. The van der Waals surface area contributed by atoms with Crippen molar-refractivity contribution >= 4 is 29.0 Å². The van der Waals surface area contributed by atoms with Gasteiger partial charge in [0.1, 0.15) is 0 Å². The van der Waals surface area contributed by atoms with Crippen LogP contribution in [0.1, 0.15) is 12.5 Å². The fourth-order valence-electron chi connectivity index (χ4n) is 2.30. The smallest absolute Gasteiger partial charge is 0.273 e. The molecule has 3 rings (SSSR count). The lowest BCUT2D eigenvalue weighted by molar-refractivity contribution is -0.385. The summed E-state index contributed by atoms with van der Waals surface area (Å²) in [5.74, 6) is 0.174. The van der Waals surface area contributed by atoms with Crippen molar-refractivity contribution in [2.75, 3.05) is 5.32 Å². The molecule has 0 aliphatic rings. The molecule has 2 aromatic carbocycles. The molecule has 1 aromatic heterocycles. The maximum absolute atomic E-state index is 11.2. The van der Waals surface area contributed by atoms with Crippen LogP contribution in [-0.2, 0) is 10.5 Å². The highest BCUT2D eigenvalue weighted by Crippen LogP contribution is 2.27. The molecule has 1 heterocycles. The Balaban J connectivity index is 1.82. The van der Waals surface area contributed by atoms with Crippen molar-refractivity contribution in [2.45, 2.75) is 17.8 Å². The van der Waals surface area contributed by atoms with Crippen molar-refractivity contribution in [1.82, 2.24) is 20.2 Å². The summed E-state index contributed by atoms with van der Waals surface area (Å²) in [5.41, 5.74) is 1.95. The first-order chi connectivity index (χ1) is 12.5. The van der Waals surface area contributed by atoms with E-state index in [2.05, 4.69) is 20.8 Å². The normalized spacial score (nSPS) is 10.5. The number of thioether (sulfide) groups is 1. The molecule has 0 fully saturated rings. The minimum absolute atomic E-state index is 0.0617. The van der Waals surface area contributed by atoms with Crippen LogP contribution in [-0.4, -0.2) is 31.0 Å². The number of tetrazole rings is 1. The predicted molar refractivity (Wildman–Crippen MR) is 96.1 cm³/mol. The highest BCUT2D eigenvalue weighted by Gasteiger charge is 2.15. The van der Waals surface area contributed by atoms with Gasteiger partial charge in [0.15, 0.2) is 0 Å². The van der Waals surface area contributed by atoms with Gasteiger partial charge in [-0.3, -0.25) is 14.9 Å². The first-order valence-electron chi connectivity index (χ1n) is 7.56. The fourth-order valence-corrected chi connectivity index (χ4v) is 3.19. The predicted octanol–water partition coefficient (Wildman–Crippen LogP) is 2.82. The molecule has 26 heavy (non-hydrogen) atoms. The van der Waals surface area contributed by atoms with Gasteiger partial charge in [-0.2, -0.15) is 4.68 Å². The first-order valence-corrected chi connectivity index (χ1v) is 8.54. The number of rotatable bonds is 6. The maximum atomic E-state index is 11.2. The first kappa shape index (κ1) is 17.5. The highest BCUT2D eigenvalue weighted by molar-refractivity contribution is 7.98. The number of nitrogens with one attached hydrogen (secondary N) is 1. The molecule has 3 aromatic rings. The molecule has 0 spiro atoms. The number of hydrogen-bond acceptors (Lipinski definition) is 7. The summed E-state index contributed by atoms with van der Waals surface area (Å²) in [6.45, 7) is 1.43. The zero-order valence-electron chi connectivity index (χ0n) is 13.7. The lowest BCUT2D eigenvalue weighted by atomic mass is 10.2. The van der Waals surface area contributed by atoms with Gasteiger partial charge < -0.3 is 5.32 Å². The average Bonchev–Trinajstić information content (AvgIpc) is 3.08. The molecule has 1 N–H and O–H groups in total. The van der Waals surface area contributed by atoms with E-state index in [9.17, 15) is 14.9 Å². The van der Waals surface area contributed by atoms with Crippen LogP contribution < -0.4 is 5.32 Å². The molecule has 0 atom stereocenters. The van der Waals surface area contributed by atoms with Crippen LogP contribution in [0.3, 0.4) is 0 Å². The Morgan fingerprint density at radius 3 is 2.85 bits per heavy atom. The lowest BCUT2D eigenvalue weighted by Crippen LogP contribution is -2.07. The lowest BCUT2D eigenvalue weighted by Gasteiger charge is -2.07. The Hall–Kier alpha value is -3.27. The van der Waals surface area contributed by atoms with Crippen molar-refractivity contribution in [2.24, 2.45) is 0 Å². The standard InChI is InChI=1S/C16H14N6O3S/c1-11(23)17-13-6-4-7-14(9-13)21-16(18-19-20-21)26-10-12-5-2-3-8-15(12)22(24)25/h2-9H,10H2,1H3,(H,17,23). The molecule has 0 aliphatic carbocycles. The number of aromatic nitrogens is 4. The zero-order chi connectivity index (χ0) is 18.5. The number of benzene rings is 2. The third kappa shape index (κ3) is 4.03. The Morgan fingerprint density at radius 2 is 2.08 bits per heavy atom. The van der Waals surface area contributed by atoms with Gasteiger partial charge in [-0.1, -0.05) is 36.0 Å². The maximum Gasteiger partial charge on any atom is 0.273 e. The summed E-state index contributed by atoms with van der Waals surface area (Å²) in [4.78, 5) is 21.9. The minimum atomic E-state index is -0.407.